The van der Waals surface area contributed by atoms with Crippen molar-refractivity contribution in [2.24, 2.45) is 17.8 Å². The quantitative estimate of drug-likeness (QED) is 0.888. The van der Waals surface area contributed by atoms with Gasteiger partial charge in [-0.3, -0.25) is 4.90 Å². The molecule has 2 fully saturated rings. The average Bonchev–Trinajstić information content (AvgIpc) is 3.01. The highest BCUT2D eigenvalue weighted by atomic mass is 16.5. The number of hydrogen-bond donors (Lipinski definition) is 1. The molecule has 3 rings (SSSR count). The molecule has 3 heterocycles. The van der Waals surface area contributed by atoms with Gasteiger partial charge in [0.15, 0.2) is 5.82 Å². The van der Waals surface area contributed by atoms with E-state index in [4.69, 9.17) is 4.52 Å². The summed E-state index contributed by atoms with van der Waals surface area (Å²) < 4.78 is 5.31. The molecule has 1 aromatic heterocycles. The average molecular weight is 264 g/mol. The van der Waals surface area contributed by atoms with Crippen LogP contribution in [-0.4, -0.2) is 40.7 Å². The molecule has 106 valence electrons. The molecule has 5 nitrogen and oxygen atoms in total. The first-order valence-corrected chi connectivity index (χ1v) is 7.39. The second kappa shape index (κ2) is 5.21. The lowest BCUT2D eigenvalue weighted by molar-refractivity contribution is 0.222. The van der Waals surface area contributed by atoms with E-state index < -0.39 is 0 Å². The predicted octanol–water partition coefficient (Wildman–Crippen LogP) is 1.31. The molecule has 2 aliphatic heterocycles. The molecule has 2 saturated heterocycles. The van der Waals surface area contributed by atoms with Gasteiger partial charge >= 0.3 is 0 Å². The molecule has 0 radical (unpaired) electrons. The molecule has 1 N–H and O–H groups in total. The van der Waals surface area contributed by atoms with E-state index in [-0.39, 0.29) is 0 Å². The van der Waals surface area contributed by atoms with Crippen LogP contribution in [0.25, 0.3) is 0 Å². The molecule has 3 unspecified atom stereocenters. The lowest BCUT2D eigenvalue weighted by Gasteiger charge is -2.22. The Morgan fingerprint density at radius 3 is 3.00 bits per heavy atom. The van der Waals surface area contributed by atoms with Crippen molar-refractivity contribution in [2.75, 3.05) is 19.6 Å². The van der Waals surface area contributed by atoms with E-state index in [2.05, 4.69) is 41.1 Å². The minimum absolute atomic E-state index is 0.560. The molecule has 3 atom stereocenters. The number of likely N-dealkylation sites (tertiary alicyclic amines) is 1. The fourth-order valence-corrected chi connectivity index (χ4v) is 3.43. The number of fused-ring (bicyclic) bond motifs is 1. The van der Waals surface area contributed by atoms with Gasteiger partial charge in [-0.1, -0.05) is 19.0 Å². The highest BCUT2D eigenvalue weighted by Gasteiger charge is 2.41. The summed E-state index contributed by atoms with van der Waals surface area (Å²) in [5, 5.41) is 7.61. The number of rotatable bonds is 4. The minimum atomic E-state index is 0.560. The van der Waals surface area contributed by atoms with Gasteiger partial charge < -0.3 is 9.84 Å². The van der Waals surface area contributed by atoms with E-state index in [9.17, 15) is 0 Å². The van der Waals surface area contributed by atoms with Crippen LogP contribution in [-0.2, 0) is 13.0 Å². The van der Waals surface area contributed by atoms with E-state index in [0.29, 0.717) is 12.0 Å². The smallest absolute Gasteiger partial charge is 0.226 e. The first-order valence-electron chi connectivity index (χ1n) is 7.39. The Hall–Kier alpha value is -0.940. The second-order valence-corrected chi connectivity index (χ2v) is 6.45. The Bertz CT molecular complexity index is 431. The maximum Gasteiger partial charge on any atom is 0.226 e. The molecule has 1 aromatic rings. The highest BCUT2D eigenvalue weighted by molar-refractivity contribution is 4.98. The summed E-state index contributed by atoms with van der Waals surface area (Å²) in [6.07, 6.45) is 0.873. The Labute approximate surface area is 114 Å². The third-order valence-electron chi connectivity index (χ3n) is 4.49. The molecule has 19 heavy (non-hydrogen) atoms. The van der Waals surface area contributed by atoms with E-state index in [0.717, 1.165) is 56.2 Å². The maximum atomic E-state index is 5.31. The molecule has 5 heteroatoms. The summed E-state index contributed by atoms with van der Waals surface area (Å²) >= 11 is 0. The van der Waals surface area contributed by atoms with Gasteiger partial charge in [0, 0.05) is 19.0 Å². The van der Waals surface area contributed by atoms with Gasteiger partial charge in [-0.05, 0) is 37.8 Å². The Morgan fingerprint density at radius 2 is 2.26 bits per heavy atom. The SMILES string of the molecule is CC(C)Cc1nc(CN2CC3CNCC3C2C)no1. The third kappa shape index (κ3) is 2.67. The molecular formula is C14H24N4O. The molecule has 0 aliphatic carbocycles. The third-order valence-corrected chi connectivity index (χ3v) is 4.49. The van der Waals surface area contributed by atoms with Crippen molar-refractivity contribution in [1.29, 1.82) is 0 Å². The topological polar surface area (TPSA) is 54.2 Å². The largest absolute Gasteiger partial charge is 0.339 e. The van der Waals surface area contributed by atoms with Crippen LogP contribution in [0.4, 0.5) is 0 Å². The van der Waals surface area contributed by atoms with Crippen LogP contribution in [0.2, 0.25) is 0 Å². The summed E-state index contributed by atoms with van der Waals surface area (Å²) in [7, 11) is 0. The first kappa shape index (κ1) is 13.1. The van der Waals surface area contributed by atoms with Crippen molar-refractivity contribution in [3.05, 3.63) is 11.7 Å². The van der Waals surface area contributed by atoms with Gasteiger partial charge in [-0.25, -0.2) is 0 Å². The summed E-state index contributed by atoms with van der Waals surface area (Å²) in [4.78, 5) is 7.01. The molecule has 0 amide bonds. The van der Waals surface area contributed by atoms with Crippen molar-refractivity contribution >= 4 is 0 Å². The Kier molecular flexibility index (Phi) is 3.58. The van der Waals surface area contributed by atoms with Gasteiger partial charge in [0.25, 0.3) is 0 Å². The van der Waals surface area contributed by atoms with Crippen molar-refractivity contribution in [1.82, 2.24) is 20.4 Å². The lowest BCUT2D eigenvalue weighted by atomic mass is 9.95. The zero-order valence-electron chi connectivity index (χ0n) is 12.1. The fourth-order valence-electron chi connectivity index (χ4n) is 3.43. The Morgan fingerprint density at radius 1 is 1.42 bits per heavy atom. The first-order chi connectivity index (χ1) is 9.13. The highest BCUT2D eigenvalue weighted by Crippen LogP contribution is 2.32. The Balaban J connectivity index is 1.61. The molecule has 0 bridgehead atoms. The van der Waals surface area contributed by atoms with Crippen molar-refractivity contribution in [3.8, 4) is 0 Å². The van der Waals surface area contributed by atoms with Crippen molar-refractivity contribution in [2.45, 2.75) is 39.8 Å². The van der Waals surface area contributed by atoms with Crippen LogP contribution in [0.3, 0.4) is 0 Å². The normalized spacial score (nSPS) is 31.3. The monoisotopic (exact) mass is 264 g/mol. The van der Waals surface area contributed by atoms with Crippen LogP contribution in [0.15, 0.2) is 4.52 Å². The molecule has 0 spiro atoms. The van der Waals surface area contributed by atoms with E-state index >= 15 is 0 Å². The van der Waals surface area contributed by atoms with Gasteiger partial charge in [0.05, 0.1) is 6.54 Å². The lowest BCUT2D eigenvalue weighted by Crippen LogP contribution is -2.33. The van der Waals surface area contributed by atoms with Crippen LogP contribution in [0.5, 0.6) is 0 Å². The van der Waals surface area contributed by atoms with Crippen LogP contribution in [0, 0.1) is 17.8 Å². The van der Waals surface area contributed by atoms with Gasteiger partial charge in [-0.2, -0.15) is 4.98 Å². The number of nitrogens with one attached hydrogen (secondary N) is 1. The summed E-state index contributed by atoms with van der Waals surface area (Å²) in [5.74, 6) is 3.78. The van der Waals surface area contributed by atoms with Crippen LogP contribution >= 0.6 is 0 Å². The van der Waals surface area contributed by atoms with Gasteiger partial charge in [0.1, 0.15) is 0 Å². The van der Waals surface area contributed by atoms with Gasteiger partial charge in [0.2, 0.25) is 5.89 Å². The number of hydrogen-bond acceptors (Lipinski definition) is 5. The van der Waals surface area contributed by atoms with E-state index in [1.165, 1.54) is 0 Å². The van der Waals surface area contributed by atoms with E-state index in [1.54, 1.807) is 0 Å². The van der Waals surface area contributed by atoms with E-state index in [1.807, 2.05) is 0 Å². The number of nitrogens with zero attached hydrogens (tertiary/aromatic N) is 3. The van der Waals surface area contributed by atoms with Crippen molar-refractivity contribution < 1.29 is 4.52 Å². The second-order valence-electron chi connectivity index (χ2n) is 6.45. The van der Waals surface area contributed by atoms with Crippen LogP contribution < -0.4 is 5.32 Å². The standard InChI is InChI=1S/C14H24N4O/c1-9(2)4-14-16-13(17-19-14)8-18-7-11-5-15-6-12(11)10(18)3/h9-12,15H,4-8H2,1-3H3. The fraction of sp³-hybridized carbons (Fsp3) is 0.857. The summed E-state index contributed by atoms with van der Waals surface area (Å²) in [6.45, 7) is 11.0. The minimum Gasteiger partial charge on any atom is -0.339 e. The van der Waals surface area contributed by atoms with Crippen molar-refractivity contribution in [3.63, 3.8) is 0 Å². The van der Waals surface area contributed by atoms with Crippen LogP contribution in [0.1, 0.15) is 32.5 Å². The molecule has 0 aromatic carbocycles. The molecular weight excluding hydrogens is 240 g/mol. The maximum absolute atomic E-state index is 5.31. The number of aromatic nitrogens is 2. The molecule has 2 aliphatic rings. The zero-order chi connectivity index (χ0) is 13.4. The molecule has 0 saturated carbocycles. The zero-order valence-corrected chi connectivity index (χ0v) is 12.1. The predicted molar refractivity (Wildman–Crippen MR) is 72.6 cm³/mol. The summed E-state index contributed by atoms with van der Waals surface area (Å²) in [6, 6.07) is 0.618. The summed E-state index contributed by atoms with van der Waals surface area (Å²) in [5.41, 5.74) is 0. The van der Waals surface area contributed by atoms with Gasteiger partial charge in [-0.15, -0.1) is 0 Å².